The van der Waals surface area contributed by atoms with Gasteiger partial charge in [0.1, 0.15) is 29.4 Å². The number of benzene rings is 2. The van der Waals surface area contributed by atoms with Gasteiger partial charge in [0.05, 0.1) is 5.41 Å². The Kier molecular flexibility index (Phi) is 2.14. The van der Waals surface area contributed by atoms with E-state index in [-0.39, 0.29) is 42.0 Å². The Morgan fingerprint density at radius 2 is 1.74 bits per heavy atom. The van der Waals surface area contributed by atoms with Gasteiger partial charge in [-0.15, -0.1) is 0 Å². The number of rotatable bonds is 0. The van der Waals surface area contributed by atoms with Crippen molar-refractivity contribution in [3.8, 4) is 28.7 Å². The van der Waals surface area contributed by atoms with Crippen LogP contribution in [0.1, 0.15) is 21.5 Å². The molecule has 1 spiro atoms. The zero-order valence-corrected chi connectivity index (χ0v) is 12.0. The van der Waals surface area contributed by atoms with Gasteiger partial charge in [-0.05, 0) is 29.7 Å². The van der Waals surface area contributed by atoms with Crippen molar-refractivity contribution >= 4 is 5.78 Å². The molecule has 1 unspecified atom stereocenters. The molecule has 2 aliphatic heterocycles. The minimum Gasteiger partial charge on any atom is -0.508 e. The van der Waals surface area contributed by atoms with Crippen LogP contribution in [0, 0.1) is 0 Å². The third-order valence-electron chi connectivity index (χ3n) is 4.81. The number of aromatic hydroxyl groups is 2. The third kappa shape index (κ3) is 1.45. The standard InChI is InChI=1S/C17H12O6/c18-9-2-11(19)15-14(3-9)21-6-17(16(15)20)5-8-1-12-13(4-10(8)17)23-7-22-12/h1-4,18-19H,5-7H2. The van der Waals surface area contributed by atoms with Crippen LogP contribution < -0.4 is 14.2 Å². The van der Waals surface area contributed by atoms with E-state index in [1.54, 1.807) is 0 Å². The number of ketones is 1. The van der Waals surface area contributed by atoms with Crippen molar-refractivity contribution in [2.24, 2.45) is 0 Å². The molecule has 0 saturated heterocycles. The molecule has 1 atom stereocenters. The number of phenolic OH excluding ortho intramolecular Hbond substituents is 2. The van der Waals surface area contributed by atoms with Crippen LogP contribution in [-0.4, -0.2) is 29.4 Å². The van der Waals surface area contributed by atoms with Crippen LogP contribution in [-0.2, 0) is 11.8 Å². The normalized spacial score (nSPS) is 23.0. The summed E-state index contributed by atoms with van der Waals surface area (Å²) in [7, 11) is 0. The minimum absolute atomic E-state index is 0.123. The zero-order valence-electron chi connectivity index (χ0n) is 12.0. The van der Waals surface area contributed by atoms with Gasteiger partial charge in [-0.3, -0.25) is 4.79 Å². The quantitative estimate of drug-likeness (QED) is 0.773. The molecule has 116 valence electrons. The van der Waals surface area contributed by atoms with Crippen molar-refractivity contribution in [2.45, 2.75) is 11.8 Å². The highest BCUT2D eigenvalue weighted by Crippen LogP contribution is 2.53. The highest BCUT2D eigenvalue weighted by molar-refractivity contribution is 6.11. The van der Waals surface area contributed by atoms with E-state index in [1.807, 2.05) is 12.1 Å². The topological polar surface area (TPSA) is 85.2 Å². The zero-order chi connectivity index (χ0) is 15.8. The second-order valence-electron chi connectivity index (χ2n) is 6.08. The van der Waals surface area contributed by atoms with Gasteiger partial charge in [0, 0.05) is 12.1 Å². The van der Waals surface area contributed by atoms with E-state index < -0.39 is 5.41 Å². The minimum atomic E-state index is -0.808. The van der Waals surface area contributed by atoms with Gasteiger partial charge in [-0.1, -0.05) is 0 Å². The first-order valence-corrected chi connectivity index (χ1v) is 7.25. The Bertz CT molecular complexity index is 887. The van der Waals surface area contributed by atoms with Crippen molar-refractivity contribution in [3.63, 3.8) is 0 Å². The molecule has 1 aliphatic carbocycles. The van der Waals surface area contributed by atoms with E-state index in [0.29, 0.717) is 17.9 Å². The molecule has 23 heavy (non-hydrogen) atoms. The lowest BCUT2D eigenvalue weighted by Crippen LogP contribution is -2.52. The lowest BCUT2D eigenvalue weighted by atomic mass is 9.60. The predicted octanol–water partition coefficient (Wildman–Crippen LogP) is 1.90. The summed E-state index contributed by atoms with van der Waals surface area (Å²) in [6, 6.07) is 6.21. The maximum Gasteiger partial charge on any atom is 0.231 e. The summed E-state index contributed by atoms with van der Waals surface area (Å²) >= 11 is 0. The smallest absolute Gasteiger partial charge is 0.231 e. The van der Waals surface area contributed by atoms with E-state index in [4.69, 9.17) is 14.2 Å². The maximum absolute atomic E-state index is 13.0. The van der Waals surface area contributed by atoms with Crippen LogP contribution in [0.15, 0.2) is 24.3 Å². The van der Waals surface area contributed by atoms with Crippen molar-refractivity contribution in [2.75, 3.05) is 13.4 Å². The van der Waals surface area contributed by atoms with E-state index >= 15 is 0 Å². The highest BCUT2D eigenvalue weighted by atomic mass is 16.7. The fraction of sp³-hybridized carbons (Fsp3) is 0.235. The molecule has 0 amide bonds. The summed E-state index contributed by atoms with van der Waals surface area (Å²) in [6.45, 7) is 0.354. The number of hydrogen-bond donors (Lipinski definition) is 2. The first-order chi connectivity index (χ1) is 11.1. The van der Waals surface area contributed by atoms with E-state index in [2.05, 4.69) is 0 Å². The van der Waals surface area contributed by atoms with Gasteiger partial charge in [-0.2, -0.15) is 0 Å². The number of carbonyl (C=O) groups is 1. The molecule has 2 heterocycles. The number of phenols is 2. The van der Waals surface area contributed by atoms with Crippen LogP contribution in [0.25, 0.3) is 0 Å². The molecule has 0 saturated carbocycles. The molecular formula is C17H12O6. The van der Waals surface area contributed by atoms with E-state index in [1.165, 1.54) is 6.07 Å². The Morgan fingerprint density at radius 3 is 2.57 bits per heavy atom. The number of hydrogen-bond acceptors (Lipinski definition) is 6. The van der Waals surface area contributed by atoms with Crippen LogP contribution in [0.3, 0.4) is 0 Å². The molecule has 2 N–H and O–H groups in total. The Balaban J connectivity index is 1.65. The predicted molar refractivity (Wildman–Crippen MR) is 77.5 cm³/mol. The molecule has 2 aromatic rings. The highest BCUT2D eigenvalue weighted by Gasteiger charge is 2.54. The second-order valence-corrected chi connectivity index (χ2v) is 6.08. The van der Waals surface area contributed by atoms with Crippen molar-refractivity contribution in [1.29, 1.82) is 0 Å². The second kappa shape index (κ2) is 3.90. The summed E-state index contributed by atoms with van der Waals surface area (Å²) in [5.41, 5.74) is 1.19. The van der Waals surface area contributed by atoms with E-state index in [0.717, 1.165) is 17.2 Å². The molecule has 0 aromatic heterocycles. The Labute approximate surface area is 130 Å². The van der Waals surface area contributed by atoms with Gasteiger partial charge in [-0.25, -0.2) is 0 Å². The Hall–Kier alpha value is -2.89. The van der Waals surface area contributed by atoms with E-state index in [9.17, 15) is 15.0 Å². The lowest BCUT2D eigenvalue weighted by Gasteiger charge is -2.45. The summed E-state index contributed by atoms with van der Waals surface area (Å²) in [5, 5.41) is 19.6. The van der Waals surface area contributed by atoms with Crippen LogP contribution in [0.2, 0.25) is 0 Å². The average molecular weight is 312 g/mol. The molecule has 6 nitrogen and oxygen atoms in total. The first-order valence-electron chi connectivity index (χ1n) is 7.25. The maximum atomic E-state index is 13.0. The van der Waals surface area contributed by atoms with Gasteiger partial charge in [0.25, 0.3) is 0 Å². The van der Waals surface area contributed by atoms with Gasteiger partial charge in [0.15, 0.2) is 17.3 Å². The van der Waals surface area contributed by atoms with Crippen molar-refractivity contribution < 1.29 is 29.2 Å². The largest absolute Gasteiger partial charge is 0.508 e. The van der Waals surface area contributed by atoms with Crippen molar-refractivity contribution in [3.05, 3.63) is 41.0 Å². The third-order valence-corrected chi connectivity index (χ3v) is 4.81. The number of ether oxygens (including phenoxy) is 3. The van der Waals surface area contributed by atoms with Crippen LogP contribution >= 0.6 is 0 Å². The van der Waals surface area contributed by atoms with Gasteiger partial charge >= 0.3 is 0 Å². The molecule has 0 radical (unpaired) electrons. The summed E-state index contributed by atoms with van der Waals surface area (Å²) < 4.78 is 16.4. The summed E-state index contributed by atoms with van der Waals surface area (Å²) in [4.78, 5) is 13.0. The molecule has 2 aromatic carbocycles. The summed E-state index contributed by atoms with van der Waals surface area (Å²) in [5.74, 6) is 0.933. The molecule has 3 aliphatic rings. The number of carbonyl (C=O) groups excluding carboxylic acids is 1. The van der Waals surface area contributed by atoms with Gasteiger partial charge in [0.2, 0.25) is 6.79 Å². The lowest BCUT2D eigenvalue weighted by molar-refractivity contribution is 0.0723. The van der Waals surface area contributed by atoms with Crippen molar-refractivity contribution in [1.82, 2.24) is 0 Å². The average Bonchev–Trinajstić information content (AvgIpc) is 2.94. The fourth-order valence-corrected chi connectivity index (χ4v) is 3.66. The van der Waals surface area contributed by atoms with Crippen LogP contribution in [0.4, 0.5) is 0 Å². The first kappa shape index (κ1) is 12.6. The Morgan fingerprint density at radius 1 is 0.957 bits per heavy atom. The van der Waals surface area contributed by atoms with Gasteiger partial charge < -0.3 is 24.4 Å². The summed E-state index contributed by atoms with van der Waals surface area (Å²) in [6.07, 6.45) is 0.525. The fourth-order valence-electron chi connectivity index (χ4n) is 3.66. The molecule has 0 bridgehead atoms. The molecule has 5 rings (SSSR count). The van der Waals surface area contributed by atoms with Crippen LogP contribution in [0.5, 0.6) is 28.7 Å². The molecule has 6 heteroatoms. The number of Topliss-reactive ketones (excluding diaryl/α,β-unsaturated/α-hetero) is 1. The number of fused-ring (bicyclic) bond motifs is 4. The molecule has 0 fully saturated rings. The molecular weight excluding hydrogens is 300 g/mol. The SMILES string of the molecule is O=C1c2c(O)cc(O)cc2OCC12Cc1cc3c(cc12)OCO3. The monoisotopic (exact) mass is 312 g/mol.